The molecule has 4 nitrogen and oxygen atoms in total. The molecule has 0 saturated heterocycles. The van der Waals surface area contributed by atoms with Crippen molar-refractivity contribution >= 4 is 41.3 Å². The van der Waals surface area contributed by atoms with E-state index in [1.807, 2.05) is 7.05 Å². The number of halogens is 1. The zero-order valence-electron chi connectivity index (χ0n) is 14.5. The molecule has 1 unspecified atom stereocenters. The highest BCUT2D eigenvalue weighted by molar-refractivity contribution is 14.0. The van der Waals surface area contributed by atoms with Gasteiger partial charge >= 0.3 is 0 Å². The molecule has 1 aromatic heterocycles. The molecule has 1 atom stereocenters. The second-order valence-corrected chi connectivity index (χ2v) is 6.82. The first-order chi connectivity index (χ1) is 10.1. The first-order valence-electron chi connectivity index (χ1n) is 7.96. The minimum atomic E-state index is 0. The molecule has 128 valence electrons. The van der Waals surface area contributed by atoms with E-state index < -0.39 is 0 Å². The molecule has 0 aliphatic carbocycles. The van der Waals surface area contributed by atoms with Gasteiger partial charge in [0, 0.05) is 30.9 Å². The number of hydrogen-bond acceptors (Lipinski definition) is 3. The molecule has 0 radical (unpaired) electrons. The van der Waals surface area contributed by atoms with E-state index in [9.17, 15) is 0 Å². The highest BCUT2D eigenvalue weighted by Crippen LogP contribution is 2.16. The molecule has 0 saturated carbocycles. The monoisotopic (exact) mass is 438 g/mol. The number of guanidine groups is 1. The number of aryl methyl sites for hydroxylation is 2. The van der Waals surface area contributed by atoms with Crippen LogP contribution < -0.4 is 10.6 Å². The Labute approximate surface area is 156 Å². The van der Waals surface area contributed by atoms with E-state index in [0.29, 0.717) is 6.04 Å². The summed E-state index contributed by atoms with van der Waals surface area (Å²) in [6, 6.07) is 0.468. The van der Waals surface area contributed by atoms with E-state index >= 15 is 0 Å². The highest BCUT2D eigenvalue weighted by atomic mass is 127. The Morgan fingerprint density at radius 3 is 2.59 bits per heavy atom. The molecular weight excluding hydrogens is 407 g/mol. The molecule has 1 aromatic rings. The largest absolute Gasteiger partial charge is 0.356 e. The molecule has 2 N–H and O–H groups in total. The lowest BCUT2D eigenvalue weighted by Crippen LogP contribution is -2.42. The number of nitrogens with zero attached hydrogens (tertiary/aromatic N) is 2. The van der Waals surface area contributed by atoms with Crippen LogP contribution >= 0.6 is 35.3 Å². The average Bonchev–Trinajstić information content (AvgIpc) is 2.76. The van der Waals surface area contributed by atoms with E-state index in [-0.39, 0.29) is 24.0 Å². The Morgan fingerprint density at radius 2 is 2.05 bits per heavy atom. The zero-order chi connectivity index (χ0) is 15.7. The van der Waals surface area contributed by atoms with E-state index in [1.165, 1.54) is 30.6 Å². The zero-order valence-corrected chi connectivity index (χ0v) is 17.7. The van der Waals surface area contributed by atoms with Gasteiger partial charge in [0.1, 0.15) is 0 Å². The van der Waals surface area contributed by atoms with Crippen LogP contribution in [0.15, 0.2) is 4.99 Å². The van der Waals surface area contributed by atoms with Crippen molar-refractivity contribution in [2.24, 2.45) is 4.99 Å². The topological polar surface area (TPSA) is 49.3 Å². The van der Waals surface area contributed by atoms with Crippen LogP contribution in [-0.4, -0.2) is 30.6 Å². The SMILES string of the molecule is CCCCCC(C)NC(=NC)NCCc1sc(C)nc1C.I. The summed E-state index contributed by atoms with van der Waals surface area (Å²) in [6.07, 6.45) is 6.06. The van der Waals surface area contributed by atoms with Crippen LogP contribution in [0.25, 0.3) is 0 Å². The maximum Gasteiger partial charge on any atom is 0.191 e. The van der Waals surface area contributed by atoms with Gasteiger partial charge in [-0.3, -0.25) is 4.99 Å². The number of thiazole rings is 1. The normalized spacial score (nSPS) is 12.7. The van der Waals surface area contributed by atoms with Crippen molar-refractivity contribution in [3.05, 3.63) is 15.6 Å². The van der Waals surface area contributed by atoms with Crippen LogP contribution in [0.1, 0.15) is 55.1 Å². The van der Waals surface area contributed by atoms with Crippen molar-refractivity contribution in [2.45, 2.75) is 65.8 Å². The molecule has 0 spiro atoms. The van der Waals surface area contributed by atoms with Crippen LogP contribution in [-0.2, 0) is 6.42 Å². The van der Waals surface area contributed by atoms with Crippen LogP contribution in [0, 0.1) is 13.8 Å². The molecule has 0 bridgehead atoms. The van der Waals surface area contributed by atoms with Gasteiger partial charge in [-0.25, -0.2) is 4.98 Å². The lowest BCUT2D eigenvalue weighted by Gasteiger charge is -2.17. The first-order valence-corrected chi connectivity index (χ1v) is 8.78. The van der Waals surface area contributed by atoms with Gasteiger partial charge in [-0.1, -0.05) is 26.2 Å². The quantitative estimate of drug-likeness (QED) is 0.279. The van der Waals surface area contributed by atoms with E-state index in [0.717, 1.165) is 29.6 Å². The van der Waals surface area contributed by atoms with Gasteiger partial charge in [0.05, 0.1) is 10.7 Å². The Bertz CT molecular complexity index is 445. The smallest absolute Gasteiger partial charge is 0.191 e. The third-order valence-electron chi connectivity index (χ3n) is 3.49. The van der Waals surface area contributed by atoms with Gasteiger partial charge in [-0.15, -0.1) is 35.3 Å². The molecule has 0 fully saturated rings. The van der Waals surface area contributed by atoms with Crippen molar-refractivity contribution in [1.82, 2.24) is 15.6 Å². The fraction of sp³-hybridized carbons (Fsp3) is 0.750. The van der Waals surface area contributed by atoms with Gasteiger partial charge in [0.25, 0.3) is 0 Å². The van der Waals surface area contributed by atoms with E-state index in [1.54, 1.807) is 11.3 Å². The number of aliphatic imine (C=N–C) groups is 1. The van der Waals surface area contributed by atoms with Crippen LogP contribution in [0.5, 0.6) is 0 Å². The minimum Gasteiger partial charge on any atom is -0.356 e. The molecule has 0 amide bonds. The Kier molecular flexibility index (Phi) is 11.9. The van der Waals surface area contributed by atoms with Gasteiger partial charge in [-0.05, 0) is 27.2 Å². The highest BCUT2D eigenvalue weighted by Gasteiger charge is 2.07. The maximum atomic E-state index is 4.46. The molecule has 0 aliphatic rings. The van der Waals surface area contributed by atoms with E-state index in [2.05, 4.69) is 48.3 Å². The summed E-state index contributed by atoms with van der Waals surface area (Å²) in [5.41, 5.74) is 1.16. The minimum absolute atomic E-state index is 0. The average molecular weight is 438 g/mol. The number of unbranched alkanes of at least 4 members (excludes halogenated alkanes) is 2. The van der Waals surface area contributed by atoms with Crippen molar-refractivity contribution in [1.29, 1.82) is 0 Å². The second-order valence-electron chi connectivity index (χ2n) is 5.53. The first kappa shape index (κ1) is 21.6. The molecule has 22 heavy (non-hydrogen) atoms. The Hall–Kier alpha value is -0.370. The summed E-state index contributed by atoms with van der Waals surface area (Å²) >= 11 is 1.79. The standard InChI is InChI=1S/C16H30N4S.HI/c1-6-7-8-9-12(2)19-16(17-5)18-11-10-15-13(3)20-14(4)21-15;/h12H,6-11H2,1-5H3,(H2,17,18,19);1H. The lowest BCUT2D eigenvalue weighted by molar-refractivity contribution is 0.547. The number of hydrogen-bond donors (Lipinski definition) is 2. The Morgan fingerprint density at radius 1 is 1.32 bits per heavy atom. The maximum absolute atomic E-state index is 4.46. The summed E-state index contributed by atoms with van der Waals surface area (Å²) in [5, 5.41) is 8.00. The van der Waals surface area contributed by atoms with Gasteiger partial charge < -0.3 is 10.6 Å². The Balaban J connectivity index is 0.00000441. The molecule has 1 rings (SSSR count). The predicted octanol–water partition coefficient (Wildman–Crippen LogP) is 4.05. The van der Waals surface area contributed by atoms with Crippen molar-refractivity contribution in [3.8, 4) is 0 Å². The van der Waals surface area contributed by atoms with Crippen molar-refractivity contribution < 1.29 is 0 Å². The number of rotatable bonds is 8. The van der Waals surface area contributed by atoms with Gasteiger partial charge in [0.15, 0.2) is 5.96 Å². The van der Waals surface area contributed by atoms with Gasteiger partial charge in [0.2, 0.25) is 0 Å². The molecule has 1 heterocycles. The summed E-state index contributed by atoms with van der Waals surface area (Å²) < 4.78 is 0. The third kappa shape index (κ3) is 8.31. The van der Waals surface area contributed by atoms with Gasteiger partial charge in [-0.2, -0.15) is 0 Å². The predicted molar refractivity (Wildman–Crippen MR) is 109 cm³/mol. The summed E-state index contributed by atoms with van der Waals surface area (Å²) in [5.74, 6) is 0.901. The van der Waals surface area contributed by atoms with Crippen molar-refractivity contribution in [3.63, 3.8) is 0 Å². The fourth-order valence-electron chi connectivity index (χ4n) is 2.30. The molecule has 6 heteroatoms. The summed E-state index contributed by atoms with van der Waals surface area (Å²) in [4.78, 5) is 10.1. The second kappa shape index (κ2) is 12.1. The number of nitrogens with one attached hydrogen (secondary N) is 2. The van der Waals surface area contributed by atoms with Crippen molar-refractivity contribution in [2.75, 3.05) is 13.6 Å². The van der Waals surface area contributed by atoms with Crippen LogP contribution in [0.4, 0.5) is 0 Å². The van der Waals surface area contributed by atoms with Crippen LogP contribution in [0.2, 0.25) is 0 Å². The molecular formula is C16H31IN4S. The number of aromatic nitrogens is 1. The lowest BCUT2D eigenvalue weighted by atomic mass is 10.1. The fourth-order valence-corrected chi connectivity index (χ4v) is 3.24. The molecule has 0 aromatic carbocycles. The third-order valence-corrected chi connectivity index (χ3v) is 4.62. The summed E-state index contributed by atoms with van der Waals surface area (Å²) in [7, 11) is 1.83. The van der Waals surface area contributed by atoms with Crippen LogP contribution in [0.3, 0.4) is 0 Å². The van der Waals surface area contributed by atoms with E-state index in [4.69, 9.17) is 0 Å². The summed E-state index contributed by atoms with van der Waals surface area (Å²) in [6.45, 7) is 9.50. The molecule has 0 aliphatic heterocycles.